The van der Waals surface area contributed by atoms with Crippen LogP contribution >= 0.6 is 11.6 Å². The summed E-state index contributed by atoms with van der Waals surface area (Å²) in [6.45, 7) is 2.24. The zero-order valence-electron chi connectivity index (χ0n) is 17.0. The van der Waals surface area contributed by atoms with E-state index in [0.717, 1.165) is 65.7 Å². The van der Waals surface area contributed by atoms with Gasteiger partial charge in [-0.25, -0.2) is 9.97 Å². The Balaban J connectivity index is 1.28. The molecule has 3 aromatic heterocycles. The first kappa shape index (κ1) is 19.3. The Labute approximate surface area is 180 Å². The molecule has 0 bridgehead atoms. The molecule has 0 aliphatic heterocycles. The second-order valence-electron chi connectivity index (χ2n) is 8.14. The standard InChI is InChI=1S/C24H25ClN4O/c1-2-18(23-28-21-13-16(25)14-27-24(21)29-23)15-7-9-17(10-8-15)30-22-11-12-26-20-6-4-3-5-19(20)22/h3-6,11-15,17-18H,2,7-10H2,1H3,(H,27,28,29)/t15-,17-,18?. The molecule has 0 spiro atoms. The van der Waals surface area contributed by atoms with E-state index in [-0.39, 0.29) is 6.10 Å². The molecule has 0 saturated heterocycles. The fraction of sp³-hybridized carbons (Fsp3) is 0.375. The fourth-order valence-corrected chi connectivity index (χ4v) is 4.94. The minimum absolute atomic E-state index is 0.251. The number of ether oxygens (including phenoxy) is 1. The first-order valence-electron chi connectivity index (χ1n) is 10.7. The molecule has 154 valence electrons. The van der Waals surface area contributed by atoms with Crippen LogP contribution in [0.2, 0.25) is 5.02 Å². The highest BCUT2D eigenvalue weighted by Crippen LogP contribution is 2.39. The molecular formula is C24H25ClN4O. The summed E-state index contributed by atoms with van der Waals surface area (Å²) in [6.07, 6.45) is 9.18. The Morgan fingerprint density at radius 1 is 1.13 bits per heavy atom. The van der Waals surface area contributed by atoms with Crippen LogP contribution < -0.4 is 4.74 Å². The quantitative estimate of drug-likeness (QED) is 0.412. The predicted molar refractivity (Wildman–Crippen MR) is 120 cm³/mol. The third-order valence-corrected chi connectivity index (χ3v) is 6.51. The number of halogens is 1. The predicted octanol–water partition coefficient (Wildman–Crippen LogP) is 6.29. The fourth-order valence-electron chi connectivity index (χ4n) is 4.78. The van der Waals surface area contributed by atoms with Crippen LogP contribution in [0.3, 0.4) is 0 Å². The van der Waals surface area contributed by atoms with Gasteiger partial charge in [-0.15, -0.1) is 0 Å². The van der Waals surface area contributed by atoms with Crippen molar-refractivity contribution in [3.05, 3.63) is 59.6 Å². The van der Waals surface area contributed by atoms with E-state index >= 15 is 0 Å². The van der Waals surface area contributed by atoms with Crippen molar-refractivity contribution in [2.45, 2.75) is 51.0 Å². The molecule has 1 atom stereocenters. The number of nitrogens with zero attached hydrogens (tertiary/aromatic N) is 3. The Kier molecular flexibility index (Phi) is 5.30. The smallest absolute Gasteiger partial charge is 0.177 e. The van der Waals surface area contributed by atoms with Gasteiger partial charge in [0.2, 0.25) is 0 Å². The van der Waals surface area contributed by atoms with Crippen molar-refractivity contribution in [2.24, 2.45) is 5.92 Å². The number of para-hydroxylation sites is 1. The number of hydrogen-bond donors (Lipinski definition) is 1. The van der Waals surface area contributed by atoms with E-state index in [2.05, 4.69) is 27.9 Å². The number of aromatic nitrogens is 4. The highest BCUT2D eigenvalue weighted by Gasteiger charge is 2.30. The summed E-state index contributed by atoms with van der Waals surface area (Å²) in [5.74, 6) is 2.98. The van der Waals surface area contributed by atoms with Crippen molar-refractivity contribution in [1.82, 2.24) is 19.9 Å². The maximum Gasteiger partial charge on any atom is 0.177 e. The van der Waals surface area contributed by atoms with Gasteiger partial charge >= 0.3 is 0 Å². The van der Waals surface area contributed by atoms with Crippen molar-refractivity contribution in [2.75, 3.05) is 0 Å². The van der Waals surface area contributed by atoms with Crippen LogP contribution in [-0.2, 0) is 0 Å². The number of rotatable bonds is 5. The van der Waals surface area contributed by atoms with Crippen LogP contribution in [0.4, 0.5) is 0 Å². The Morgan fingerprint density at radius 3 is 2.80 bits per heavy atom. The van der Waals surface area contributed by atoms with E-state index in [4.69, 9.17) is 21.3 Å². The lowest BCUT2D eigenvalue weighted by Crippen LogP contribution is -2.27. The third-order valence-electron chi connectivity index (χ3n) is 6.30. The molecule has 5 nitrogen and oxygen atoms in total. The van der Waals surface area contributed by atoms with Gasteiger partial charge in [-0.3, -0.25) is 4.98 Å². The first-order chi connectivity index (χ1) is 14.7. The van der Waals surface area contributed by atoms with Crippen molar-refractivity contribution < 1.29 is 4.74 Å². The van der Waals surface area contributed by atoms with Crippen LogP contribution in [0.1, 0.15) is 50.8 Å². The summed E-state index contributed by atoms with van der Waals surface area (Å²) < 4.78 is 6.41. The topological polar surface area (TPSA) is 63.7 Å². The number of aromatic amines is 1. The molecule has 1 aliphatic carbocycles. The van der Waals surface area contributed by atoms with Crippen molar-refractivity contribution in [1.29, 1.82) is 0 Å². The minimum Gasteiger partial charge on any atom is -0.490 e. The van der Waals surface area contributed by atoms with Crippen LogP contribution in [-0.4, -0.2) is 26.0 Å². The summed E-state index contributed by atoms with van der Waals surface area (Å²) >= 11 is 6.08. The van der Waals surface area contributed by atoms with Gasteiger partial charge in [0, 0.05) is 23.7 Å². The van der Waals surface area contributed by atoms with Gasteiger partial charge in [0.05, 0.1) is 22.2 Å². The number of nitrogens with one attached hydrogen (secondary N) is 1. The number of fused-ring (bicyclic) bond motifs is 2. The van der Waals surface area contributed by atoms with Gasteiger partial charge in [-0.2, -0.15) is 0 Å². The number of hydrogen-bond acceptors (Lipinski definition) is 4. The molecule has 4 aromatic rings. The van der Waals surface area contributed by atoms with E-state index in [1.807, 2.05) is 36.5 Å². The molecular weight excluding hydrogens is 396 g/mol. The van der Waals surface area contributed by atoms with E-state index < -0.39 is 0 Å². The molecule has 1 N–H and O–H groups in total. The van der Waals surface area contributed by atoms with Gasteiger partial charge in [-0.05, 0) is 62.3 Å². The molecule has 1 saturated carbocycles. The lowest BCUT2D eigenvalue weighted by molar-refractivity contribution is 0.122. The molecule has 0 radical (unpaired) electrons. The molecule has 1 unspecified atom stereocenters. The molecule has 1 aromatic carbocycles. The van der Waals surface area contributed by atoms with Crippen LogP contribution in [0, 0.1) is 5.92 Å². The summed E-state index contributed by atoms with van der Waals surface area (Å²) in [4.78, 5) is 17.0. The van der Waals surface area contributed by atoms with Crippen LogP contribution in [0.15, 0.2) is 48.8 Å². The second-order valence-corrected chi connectivity index (χ2v) is 8.58. The number of pyridine rings is 2. The van der Waals surface area contributed by atoms with Gasteiger partial charge in [0.25, 0.3) is 0 Å². The van der Waals surface area contributed by atoms with Gasteiger partial charge in [-0.1, -0.05) is 30.7 Å². The normalized spacial score (nSPS) is 20.5. The molecule has 30 heavy (non-hydrogen) atoms. The lowest BCUT2D eigenvalue weighted by atomic mass is 9.77. The highest BCUT2D eigenvalue weighted by atomic mass is 35.5. The van der Waals surface area contributed by atoms with E-state index in [9.17, 15) is 0 Å². The third kappa shape index (κ3) is 3.74. The molecule has 1 fully saturated rings. The van der Waals surface area contributed by atoms with Gasteiger partial charge in [0.1, 0.15) is 11.6 Å². The zero-order valence-corrected chi connectivity index (χ0v) is 17.8. The number of benzene rings is 1. The molecule has 0 amide bonds. The van der Waals surface area contributed by atoms with Crippen molar-refractivity contribution in [3.63, 3.8) is 0 Å². The monoisotopic (exact) mass is 420 g/mol. The molecule has 3 heterocycles. The minimum atomic E-state index is 0.251. The lowest BCUT2D eigenvalue weighted by Gasteiger charge is -2.33. The second kappa shape index (κ2) is 8.23. The SMILES string of the molecule is CCC(c1nc2ncc(Cl)cc2[nH]1)[C@H]1CC[C@H](Oc2ccnc3ccccc23)CC1. The Morgan fingerprint density at radius 2 is 1.97 bits per heavy atom. The highest BCUT2D eigenvalue weighted by molar-refractivity contribution is 6.31. The maximum atomic E-state index is 6.41. The molecule has 1 aliphatic rings. The summed E-state index contributed by atoms with van der Waals surface area (Å²) in [5, 5.41) is 1.72. The Hall–Kier alpha value is -2.66. The van der Waals surface area contributed by atoms with E-state index in [1.54, 1.807) is 6.20 Å². The Bertz CT molecular complexity index is 1160. The van der Waals surface area contributed by atoms with Crippen molar-refractivity contribution >= 4 is 33.7 Å². The molecule has 5 rings (SSSR count). The van der Waals surface area contributed by atoms with Gasteiger partial charge in [0.15, 0.2) is 5.65 Å². The van der Waals surface area contributed by atoms with E-state index in [1.165, 1.54) is 0 Å². The average molecular weight is 421 g/mol. The van der Waals surface area contributed by atoms with E-state index in [0.29, 0.717) is 16.9 Å². The number of imidazole rings is 1. The number of H-pyrrole nitrogens is 1. The summed E-state index contributed by atoms with van der Waals surface area (Å²) in [5.41, 5.74) is 2.64. The molecule has 6 heteroatoms. The van der Waals surface area contributed by atoms with Gasteiger partial charge < -0.3 is 9.72 Å². The maximum absolute atomic E-state index is 6.41. The average Bonchev–Trinajstić information content (AvgIpc) is 3.18. The van der Waals surface area contributed by atoms with Crippen LogP contribution in [0.5, 0.6) is 5.75 Å². The summed E-state index contributed by atoms with van der Waals surface area (Å²) in [6, 6.07) is 12.0. The van der Waals surface area contributed by atoms with Crippen molar-refractivity contribution in [3.8, 4) is 5.75 Å². The first-order valence-corrected chi connectivity index (χ1v) is 11.1. The van der Waals surface area contributed by atoms with Crippen LogP contribution in [0.25, 0.3) is 22.1 Å². The largest absolute Gasteiger partial charge is 0.490 e. The summed E-state index contributed by atoms with van der Waals surface area (Å²) in [7, 11) is 0. The zero-order chi connectivity index (χ0) is 20.5.